The minimum Gasteiger partial charge on any atom is -0.377 e. The van der Waals surface area contributed by atoms with Gasteiger partial charge in [-0.3, -0.25) is 4.98 Å². The molecule has 0 aliphatic rings. The van der Waals surface area contributed by atoms with Gasteiger partial charge in [-0.15, -0.1) is 0 Å². The molecule has 0 fully saturated rings. The molecule has 16 heavy (non-hydrogen) atoms. The van der Waals surface area contributed by atoms with Crippen LogP contribution in [0.25, 0.3) is 0 Å². The summed E-state index contributed by atoms with van der Waals surface area (Å²) in [6, 6.07) is 3.95. The minimum absolute atomic E-state index is 0.0759. The molecular weight excluding hydrogens is 200 g/mol. The molecule has 90 valence electrons. The van der Waals surface area contributed by atoms with Gasteiger partial charge in [-0.1, -0.05) is 19.4 Å². The third-order valence-electron chi connectivity index (χ3n) is 2.67. The summed E-state index contributed by atoms with van der Waals surface area (Å²) < 4.78 is 5.68. The maximum Gasteiger partial charge on any atom is 0.0767 e. The molecule has 1 aromatic heterocycles. The Morgan fingerprint density at radius 2 is 2.12 bits per heavy atom. The van der Waals surface area contributed by atoms with E-state index in [0.29, 0.717) is 6.61 Å². The van der Waals surface area contributed by atoms with Crippen molar-refractivity contribution in [3.05, 3.63) is 29.6 Å². The van der Waals surface area contributed by atoms with Gasteiger partial charge in [0, 0.05) is 18.5 Å². The number of aromatic nitrogens is 1. The highest BCUT2D eigenvalue weighted by Gasteiger charge is 2.18. The zero-order chi connectivity index (χ0) is 12.0. The van der Waals surface area contributed by atoms with Crippen LogP contribution in [-0.2, 0) is 4.74 Å². The highest BCUT2D eigenvalue weighted by atomic mass is 16.5. The molecule has 0 aliphatic carbocycles. The van der Waals surface area contributed by atoms with E-state index >= 15 is 0 Å². The first kappa shape index (κ1) is 13.1. The van der Waals surface area contributed by atoms with Gasteiger partial charge in [-0.05, 0) is 31.9 Å². The predicted molar refractivity (Wildman–Crippen MR) is 66.2 cm³/mol. The van der Waals surface area contributed by atoms with E-state index in [1.807, 2.05) is 32.2 Å². The fourth-order valence-electron chi connectivity index (χ4n) is 1.76. The normalized spacial score (nSPS) is 14.8. The van der Waals surface area contributed by atoms with Crippen molar-refractivity contribution in [3.63, 3.8) is 0 Å². The second-order valence-corrected chi connectivity index (χ2v) is 4.04. The fourth-order valence-corrected chi connectivity index (χ4v) is 1.76. The molecule has 1 aromatic rings. The van der Waals surface area contributed by atoms with Crippen LogP contribution in [0.2, 0.25) is 0 Å². The van der Waals surface area contributed by atoms with Crippen LogP contribution in [0.3, 0.4) is 0 Å². The Morgan fingerprint density at radius 1 is 1.38 bits per heavy atom. The van der Waals surface area contributed by atoms with Crippen molar-refractivity contribution in [3.8, 4) is 0 Å². The topological polar surface area (TPSA) is 48.1 Å². The van der Waals surface area contributed by atoms with Crippen LogP contribution in [0.5, 0.6) is 0 Å². The molecule has 2 atom stereocenters. The maximum atomic E-state index is 6.20. The number of hydrogen-bond donors (Lipinski definition) is 1. The summed E-state index contributed by atoms with van der Waals surface area (Å²) in [5.41, 5.74) is 8.26. The maximum absolute atomic E-state index is 6.20. The number of hydrogen-bond acceptors (Lipinski definition) is 3. The molecule has 0 spiro atoms. The zero-order valence-corrected chi connectivity index (χ0v) is 10.4. The van der Waals surface area contributed by atoms with E-state index in [1.165, 1.54) is 0 Å². The number of aryl methyl sites for hydroxylation is 1. The summed E-state index contributed by atoms with van der Waals surface area (Å²) in [4.78, 5) is 4.27. The molecule has 0 radical (unpaired) electrons. The lowest BCUT2D eigenvalue weighted by molar-refractivity contribution is 0.0373. The van der Waals surface area contributed by atoms with Gasteiger partial charge >= 0.3 is 0 Å². The predicted octanol–water partition coefficient (Wildman–Crippen LogP) is 2.60. The largest absolute Gasteiger partial charge is 0.377 e. The Hall–Kier alpha value is -0.930. The van der Waals surface area contributed by atoms with E-state index < -0.39 is 0 Å². The van der Waals surface area contributed by atoms with Gasteiger partial charge in [0.2, 0.25) is 0 Å². The summed E-state index contributed by atoms with van der Waals surface area (Å²) >= 11 is 0. The average Bonchev–Trinajstić information content (AvgIpc) is 2.29. The molecule has 0 aliphatic heterocycles. The van der Waals surface area contributed by atoms with Crippen LogP contribution in [0, 0.1) is 6.92 Å². The molecule has 1 heterocycles. The summed E-state index contributed by atoms with van der Waals surface area (Å²) in [6.45, 7) is 6.83. The summed E-state index contributed by atoms with van der Waals surface area (Å²) in [6.07, 6.45) is 4.02. The number of pyridine rings is 1. The highest BCUT2D eigenvalue weighted by Crippen LogP contribution is 2.19. The van der Waals surface area contributed by atoms with Crippen LogP contribution >= 0.6 is 0 Å². The molecule has 0 bridgehead atoms. The smallest absolute Gasteiger partial charge is 0.0767 e. The monoisotopic (exact) mass is 222 g/mol. The fraction of sp³-hybridized carbons (Fsp3) is 0.615. The van der Waals surface area contributed by atoms with Crippen LogP contribution in [0.4, 0.5) is 0 Å². The Morgan fingerprint density at radius 3 is 2.62 bits per heavy atom. The first-order valence-electron chi connectivity index (χ1n) is 5.98. The van der Waals surface area contributed by atoms with E-state index in [-0.39, 0.29) is 12.1 Å². The lowest BCUT2D eigenvalue weighted by Gasteiger charge is -2.23. The van der Waals surface area contributed by atoms with Crippen molar-refractivity contribution in [2.75, 3.05) is 6.61 Å². The highest BCUT2D eigenvalue weighted by molar-refractivity contribution is 5.18. The summed E-state index contributed by atoms with van der Waals surface area (Å²) in [5.74, 6) is 0. The minimum atomic E-state index is -0.0759. The van der Waals surface area contributed by atoms with Crippen molar-refractivity contribution in [2.45, 2.75) is 45.8 Å². The van der Waals surface area contributed by atoms with E-state index in [9.17, 15) is 0 Å². The molecule has 2 unspecified atom stereocenters. The zero-order valence-electron chi connectivity index (χ0n) is 10.4. The molecule has 1 rings (SSSR count). The van der Waals surface area contributed by atoms with Crippen LogP contribution < -0.4 is 5.73 Å². The third kappa shape index (κ3) is 3.58. The second-order valence-electron chi connectivity index (χ2n) is 4.04. The molecule has 0 amide bonds. The number of nitrogens with zero attached hydrogens (tertiary/aromatic N) is 1. The Kier molecular flexibility index (Phi) is 5.43. The molecular formula is C13H22N2O. The Bertz CT molecular complexity index is 291. The number of nitrogens with two attached hydrogens (primary N) is 1. The SMILES string of the molecule is CCCC(OCC)C(N)c1ccc(C)nc1. The molecule has 3 nitrogen and oxygen atoms in total. The van der Waals surface area contributed by atoms with Crippen molar-refractivity contribution in [1.29, 1.82) is 0 Å². The molecule has 0 saturated heterocycles. The van der Waals surface area contributed by atoms with Gasteiger partial charge in [0.05, 0.1) is 12.1 Å². The van der Waals surface area contributed by atoms with Gasteiger partial charge in [-0.2, -0.15) is 0 Å². The average molecular weight is 222 g/mol. The number of ether oxygens (including phenoxy) is 1. The summed E-state index contributed by atoms with van der Waals surface area (Å²) in [7, 11) is 0. The standard InChI is InChI=1S/C13H22N2O/c1-4-6-12(16-5-2)13(14)11-8-7-10(3)15-9-11/h7-9,12-13H,4-6,14H2,1-3H3. The lowest BCUT2D eigenvalue weighted by Crippen LogP contribution is -2.29. The third-order valence-corrected chi connectivity index (χ3v) is 2.67. The van der Waals surface area contributed by atoms with Crippen LogP contribution in [0.1, 0.15) is 44.0 Å². The lowest BCUT2D eigenvalue weighted by atomic mass is 10.0. The first-order chi connectivity index (χ1) is 7.69. The van der Waals surface area contributed by atoms with Gasteiger partial charge < -0.3 is 10.5 Å². The van der Waals surface area contributed by atoms with Gasteiger partial charge in [0.25, 0.3) is 0 Å². The van der Waals surface area contributed by atoms with Crippen molar-refractivity contribution in [2.24, 2.45) is 5.73 Å². The quantitative estimate of drug-likeness (QED) is 0.804. The second kappa shape index (κ2) is 6.61. The van der Waals surface area contributed by atoms with Gasteiger partial charge in [-0.25, -0.2) is 0 Å². The van der Waals surface area contributed by atoms with Crippen molar-refractivity contribution in [1.82, 2.24) is 4.98 Å². The van der Waals surface area contributed by atoms with E-state index in [1.54, 1.807) is 0 Å². The first-order valence-corrected chi connectivity index (χ1v) is 5.98. The number of rotatable bonds is 6. The molecule has 0 saturated carbocycles. The Balaban J connectivity index is 2.72. The molecule has 2 N–H and O–H groups in total. The van der Waals surface area contributed by atoms with Gasteiger partial charge in [0.15, 0.2) is 0 Å². The van der Waals surface area contributed by atoms with Crippen molar-refractivity contribution < 1.29 is 4.74 Å². The van der Waals surface area contributed by atoms with Gasteiger partial charge in [0.1, 0.15) is 0 Å². The van der Waals surface area contributed by atoms with Crippen LogP contribution in [-0.4, -0.2) is 17.7 Å². The Labute approximate surface area is 98.0 Å². The van der Waals surface area contributed by atoms with E-state index in [2.05, 4.69) is 11.9 Å². The molecule has 0 aromatic carbocycles. The van der Waals surface area contributed by atoms with Crippen molar-refractivity contribution >= 4 is 0 Å². The van der Waals surface area contributed by atoms with Crippen LogP contribution in [0.15, 0.2) is 18.3 Å². The van der Waals surface area contributed by atoms with E-state index in [4.69, 9.17) is 10.5 Å². The van der Waals surface area contributed by atoms with E-state index in [0.717, 1.165) is 24.1 Å². The summed E-state index contributed by atoms with van der Waals surface area (Å²) in [5, 5.41) is 0. The molecule has 3 heteroatoms.